The van der Waals surface area contributed by atoms with Crippen molar-refractivity contribution < 1.29 is 4.74 Å². The highest BCUT2D eigenvalue weighted by Crippen LogP contribution is 2.20. The maximum atomic E-state index is 5.44. The monoisotopic (exact) mass is 481 g/mol. The first-order chi connectivity index (χ1) is 12.0. The van der Waals surface area contributed by atoms with Crippen LogP contribution in [0.15, 0.2) is 4.99 Å². The van der Waals surface area contributed by atoms with Crippen LogP contribution in [0.5, 0.6) is 0 Å². The molecule has 2 fully saturated rings. The second-order valence-electron chi connectivity index (χ2n) is 7.93. The molecule has 1 unspecified atom stereocenters. The van der Waals surface area contributed by atoms with Crippen LogP contribution >= 0.6 is 24.0 Å². The van der Waals surface area contributed by atoms with Gasteiger partial charge < -0.3 is 15.4 Å². The Bertz CT molecular complexity index is 407. The average molecular weight is 481 g/mol. The molecule has 0 amide bonds. The van der Waals surface area contributed by atoms with Crippen LogP contribution in [0.3, 0.4) is 0 Å². The summed E-state index contributed by atoms with van der Waals surface area (Å²) in [5.74, 6) is 0.938. The van der Waals surface area contributed by atoms with E-state index in [2.05, 4.69) is 48.1 Å². The quantitative estimate of drug-likeness (QED) is 0.332. The highest BCUT2D eigenvalue weighted by Gasteiger charge is 2.27. The molecular formula is C19H40IN5O. The molecule has 1 atom stereocenters. The summed E-state index contributed by atoms with van der Waals surface area (Å²) in [5, 5.41) is 6.92. The van der Waals surface area contributed by atoms with Crippen LogP contribution in [-0.2, 0) is 4.74 Å². The van der Waals surface area contributed by atoms with E-state index in [9.17, 15) is 0 Å². The molecule has 0 aliphatic carbocycles. The van der Waals surface area contributed by atoms with Gasteiger partial charge in [-0.15, -0.1) is 24.0 Å². The Balaban J connectivity index is 0.00000338. The average Bonchev–Trinajstić information content (AvgIpc) is 2.65. The summed E-state index contributed by atoms with van der Waals surface area (Å²) in [5.41, 5.74) is 0.124. The Kier molecular flexibility index (Phi) is 11.4. The fourth-order valence-electron chi connectivity index (χ4n) is 3.61. The lowest BCUT2D eigenvalue weighted by atomic mass is 9.99. The summed E-state index contributed by atoms with van der Waals surface area (Å²) in [6.07, 6.45) is 4.02. The van der Waals surface area contributed by atoms with Crippen LogP contribution in [0.2, 0.25) is 0 Å². The molecule has 154 valence electrons. The number of piperidine rings is 1. The van der Waals surface area contributed by atoms with Crippen molar-refractivity contribution >= 4 is 29.9 Å². The summed E-state index contributed by atoms with van der Waals surface area (Å²) >= 11 is 0. The number of halogens is 1. The number of nitrogens with zero attached hydrogens (tertiary/aromatic N) is 3. The lowest BCUT2D eigenvalue weighted by Crippen LogP contribution is -2.51. The predicted molar refractivity (Wildman–Crippen MR) is 121 cm³/mol. The molecule has 0 bridgehead atoms. The molecular weight excluding hydrogens is 441 g/mol. The van der Waals surface area contributed by atoms with Crippen molar-refractivity contribution in [2.45, 2.75) is 58.5 Å². The van der Waals surface area contributed by atoms with Gasteiger partial charge in [0.25, 0.3) is 0 Å². The van der Waals surface area contributed by atoms with Gasteiger partial charge >= 0.3 is 0 Å². The van der Waals surface area contributed by atoms with Crippen molar-refractivity contribution in [3.63, 3.8) is 0 Å². The largest absolute Gasteiger partial charge is 0.379 e. The SMILES string of the molecule is CCNC(=NCC(C)(C)N1CCCCC1)NCC(C)N1CCOCC1.I. The fourth-order valence-corrected chi connectivity index (χ4v) is 3.61. The van der Waals surface area contributed by atoms with Crippen molar-refractivity contribution in [3.05, 3.63) is 0 Å². The molecule has 2 saturated heterocycles. The topological polar surface area (TPSA) is 52.1 Å². The molecule has 2 rings (SSSR count). The van der Waals surface area contributed by atoms with Crippen molar-refractivity contribution in [3.8, 4) is 0 Å². The molecule has 2 aliphatic rings. The van der Waals surface area contributed by atoms with Crippen molar-refractivity contribution in [1.82, 2.24) is 20.4 Å². The van der Waals surface area contributed by atoms with Gasteiger partial charge in [-0.25, -0.2) is 0 Å². The lowest BCUT2D eigenvalue weighted by Gasteiger charge is -2.40. The molecule has 0 aromatic heterocycles. The summed E-state index contributed by atoms with van der Waals surface area (Å²) in [6.45, 7) is 17.8. The standard InChI is InChI=1S/C19H39N5O.HI/c1-5-20-18(21-15-17(2)23-11-13-25-14-12-23)22-16-19(3,4)24-9-7-6-8-10-24;/h17H,5-16H2,1-4H3,(H2,20,21,22);1H. The smallest absolute Gasteiger partial charge is 0.191 e. The van der Waals surface area contributed by atoms with Crippen LogP contribution in [0, 0.1) is 0 Å². The molecule has 26 heavy (non-hydrogen) atoms. The maximum Gasteiger partial charge on any atom is 0.191 e. The van der Waals surface area contributed by atoms with Gasteiger partial charge in [0.15, 0.2) is 5.96 Å². The summed E-state index contributed by atoms with van der Waals surface area (Å²) in [7, 11) is 0. The fraction of sp³-hybridized carbons (Fsp3) is 0.947. The van der Waals surface area contributed by atoms with Crippen molar-refractivity contribution in [1.29, 1.82) is 0 Å². The molecule has 2 N–H and O–H groups in total. The summed E-state index contributed by atoms with van der Waals surface area (Å²) in [4.78, 5) is 9.97. The number of guanidine groups is 1. The van der Waals surface area contributed by atoms with Gasteiger partial charge in [0.05, 0.1) is 19.8 Å². The number of rotatable bonds is 7. The number of nitrogens with one attached hydrogen (secondary N) is 2. The molecule has 2 heterocycles. The van der Waals surface area contributed by atoms with E-state index in [-0.39, 0.29) is 29.5 Å². The molecule has 0 aromatic rings. The summed E-state index contributed by atoms with van der Waals surface area (Å²) < 4.78 is 5.44. The second kappa shape index (κ2) is 12.4. The first-order valence-electron chi connectivity index (χ1n) is 10.1. The third kappa shape index (κ3) is 7.86. The Hall–Kier alpha value is -0.120. The van der Waals surface area contributed by atoms with Gasteiger partial charge in [-0.3, -0.25) is 14.8 Å². The Morgan fingerprint density at radius 3 is 2.35 bits per heavy atom. The normalized spacial score (nSPS) is 21.8. The van der Waals surface area contributed by atoms with Gasteiger partial charge in [0, 0.05) is 37.8 Å². The molecule has 7 heteroatoms. The molecule has 0 aromatic carbocycles. The zero-order valence-corrected chi connectivity index (χ0v) is 19.6. The Morgan fingerprint density at radius 1 is 1.08 bits per heavy atom. The van der Waals surface area contributed by atoms with E-state index in [1.165, 1.54) is 32.4 Å². The van der Waals surface area contributed by atoms with E-state index in [0.29, 0.717) is 6.04 Å². The first-order valence-corrected chi connectivity index (χ1v) is 10.1. The molecule has 0 saturated carbocycles. The third-order valence-electron chi connectivity index (χ3n) is 5.41. The van der Waals surface area contributed by atoms with Crippen LogP contribution in [0.4, 0.5) is 0 Å². The van der Waals surface area contributed by atoms with Crippen LogP contribution in [0.25, 0.3) is 0 Å². The number of likely N-dealkylation sites (tertiary alicyclic amines) is 1. The van der Waals surface area contributed by atoms with Crippen molar-refractivity contribution in [2.75, 3.05) is 59.0 Å². The van der Waals surface area contributed by atoms with E-state index in [4.69, 9.17) is 9.73 Å². The minimum atomic E-state index is 0. The predicted octanol–water partition coefficient (Wildman–Crippen LogP) is 2.14. The first kappa shape index (κ1) is 23.9. The van der Waals surface area contributed by atoms with Crippen molar-refractivity contribution in [2.24, 2.45) is 4.99 Å². The Morgan fingerprint density at radius 2 is 1.73 bits per heavy atom. The highest BCUT2D eigenvalue weighted by atomic mass is 127. The second-order valence-corrected chi connectivity index (χ2v) is 7.93. The Labute approximate surface area is 177 Å². The van der Waals surface area contributed by atoms with Gasteiger partial charge in [-0.1, -0.05) is 6.42 Å². The van der Waals surface area contributed by atoms with Gasteiger partial charge in [-0.05, 0) is 53.6 Å². The van der Waals surface area contributed by atoms with Crippen LogP contribution < -0.4 is 10.6 Å². The number of morpholine rings is 1. The van der Waals surface area contributed by atoms with Gasteiger partial charge in [-0.2, -0.15) is 0 Å². The minimum Gasteiger partial charge on any atom is -0.379 e. The number of hydrogen-bond acceptors (Lipinski definition) is 4. The molecule has 0 spiro atoms. The van der Waals surface area contributed by atoms with E-state index >= 15 is 0 Å². The number of aliphatic imine (C=N–C) groups is 1. The van der Waals surface area contributed by atoms with E-state index < -0.39 is 0 Å². The zero-order chi connectivity index (χ0) is 18.1. The number of hydrogen-bond donors (Lipinski definition) is 2. The molecule has 6 nitrogen and oxygen atoms in total. The minimum absolute atomic E-state index is 0. The number of ether oxygens (including phenoxy) is 1. The summed E-state index contributed by atoms with van der Waals surface area (Å²) in [6, 6.07) is 0.489. The third-order valence-corrected chi connectivity index (χ3v) is 5.41. The van der Waals surface area contributed by atoms with Crippen LogP contribution in [-0.4, -0.2) is 86.4 Å². The van der Waals surface area contributed by atoms with Gasteiger partial charge in [0.2, 0.25) is 0 Å². The van der Waals surface area contributed by atoms with Crippen LogP contribution in [0.1, 0.15) is 47.0 Å². The lowest BCUT2D eigenvalue weighted by molar-refractivity contribution is 0.0211. The zero-order valence-electron chi connectivity index (χ0n) is 17.2. The van der Waals surface area contributed by atoms with E-state index in [0.717, 1.165) is 51.9 Å². The molecule has 2 aliphatic heterocycles. The highest BCUT2D eigenvalue weighted by molar-refractivity contribution is 14.0. The maximum absolute atomic E-state index is 5.44. The van der Waals surface area contributed by atoms with Gasteiger partial charge in [0.1, 0.15) is 0 Å². The van der Waals surface area contributed by atoms with E-state index in [1.54, 1.807) is 0 Å². The molecule has 0 radical (unpaired) electrons. The van der Waals surface area contributed by atoms with E-state index in [1.807, 2.05) is 0 Å².